The maximum Gasteiger partial charge on any atom is 0.354 e. The van der Waals surface area contributed by atoms with Gasteiger partial charge >= 0.3 is 5.97 Å². The molecule has 13 heavy (non-hydrogen) atoms. The van der Waals surface area contributed by atoms with Crippen LogP contribution < -0.4 is 0 Å². The average Bonchev–Trinajstić information content (AvgIpc) is 2.09. The number of aromatic carboxylic acids is 1. The highest BCUT2D eigenvalue weighted by Gasteiger charge is 2.12. The Morgan fingerprint density at radius 2 is 2.15 bits per heavy atom. The summed E-state index contributed by atoms with van der Waals surface area (Å²) in [5.41, 5.74) is 0.110. The van der Waals surface area contributed by atoms with Crippen molar-refractivity contribution in [1.29, 1.82) is 0 Å². The molecule has 0 fully saturated rings. The first kappa shape index (κ1) is 10.6. The quantitative estimate of drug-likeness (QED) is 0.809. The van der Waals surface area contributed by atoms with E-state index in [1.807, 2.05) is 0 Å². The molecule has 0 aromatic carbocycles. The van der Waals surface area contributed by atoms with Crippen molar-refractivity contribution in [3.05, 3.63) is 27.5 Å². The molecule has 3 nitrogen and oxygen atoms in total. The summed E-state index contributed by atoms with van der Waals surface area (Å²) in [6.07, 6.45) is 0. The summed E-state index contributed by atoms with van der Waals surface area (Å²) in [4.78, 5) is 14.2. The van der Waals surface area contributed by atoms with E-state index in [0.717, 1.165) is 0 Å². The number of carbonyl (C=O) groups is 1. The number of nitrogens with zero attached hydrogens (tertiary/aromatic N) is 1. The molecule has 0 aliphatic heterocycles. The molecule has 1 aromatic heterocycles. The maximum atomic E-state index is 10.5. The summed E-state index contributed by atoms with van der Waals surface area (Å²) in [6, 6.07) is 1.18. The second kappa shape index (κ2) is 4.13. The molecule has 0 saturated heterocycles. The minimum absolute atomic E-state index is 0.0275. The van der Waals surface area contributed by atoms with E-state index in [1.165, 1.54) is 6.07 Å². The van der Waals surface area contributed by atoms with E-state index in [2.05, 4.69) is 4.98 Å². The van der Waals surface area contributed by atoms with E-state index in [9.17, 15) is 4.79 Å². The minimum atomic E-state index is -1.16. The van der Waals surface area contributed by atoms with Crippen LogP contribution in [0.25, 0.3) is 0 Å². The molecular weight excluding hydrogens is 236 g/mol. The van der Waals surface area contributed by atoms with Crippen molar-refractivity contribution in [3.8, 4) is 0 Å². The molecule has 0 unspecified atom stereocenters. The molecule has 70 valence electrons. The molecule has 0 spiro atoms. The lowest BCUT2D eigenvalue weighted by Crippen LogP contribution is -2.03. The van der Waals surface area contributed by atoms with E-state index in [1.54, 1.807) is 0 Å². The number of rotatable bonds is 2. The number of halogens is 3. The largest absolute Gasteiger partial charge is 0.477 e. The fourth-order valence-electron chi connectivity index (χ4n) is 0.746. The molecule has 1 heterocycles. The van der Waals surface area contributed by atoms with Crippen molar-refractivity contribution >= 4 is 40.8 Å². The number of carboxylic acid groups (broad SMARTS) is 1. The summed E-state index contributed by atoms with van der Waals surface area (Å²) in [5, 5.41) is 8.95. The summed E-state index contributed by atoms with van der Waals surface area (Å²) < 4.78 is 0. The Labute approximate surface area is 89.2 Å². The zero-order valence-corrected chi connectivity index (χ0v) is 8.49. The molecule has 0 atom stereocenters. The summed E-state index contributed by atoms with van der Waals surface area (Å²) in [7, 11) is 0. The zero-order valence-electron chi connectivity index (χ0n) is 6.22. The normalized spacial score (nSPS) is 10.1. The van der Waals surface area contributed by atoms with Gasteiger partial charge in [0.1, 0.15) is 5.69 Å². The van der Waals surface area contributed by atoms with E-state index < -0.39 is 5.97 Å². The van der Waals surface area contributed by atoms with Gasteiger partial charge in [-0.05, 0) is 6.07 Å². The highest BCUT2D eigenvalue weighted by molar-refractivity contribution is 6.42. The molecular formula is C7H4Cl3NO2. The molecule has 0 saturated carbocycles. The fourth-order valence-corrected chi connectivity index (χ4v) is 1.38. The number of hydrogen-bond acceptors (Lipinski definition) is 2. The monoisotopic (exact) mass is 239 g/mol. The van der Waals surface area contributed by atoms with Crippen molar-refractivity contribution in [2.24, 2.45) is 0 Å². The van der Waals surface area contributed by atoms with Crippen LogP contribution in [0.3, 0.4) is 0 Å². The Bertz CT molecular complexity index is 354. The molecule has 1 rings (SSSR count). The third-order valence-electron chi connectivity index (χ3n) is 1.33. The van der Waals surface area contributed by atoms with Crippen LogP contribution in [0.2, 0.25) is 10.0 Å². The summed E-state index contributed by atoms with van der Waals surface area (Å²) in [5.74, 6) is -1.13. The van der Waals surface area contributed by atoms with E-state index in [-0.39, 0.29) is 27.3 Å². The molecule has 1 N–H and O–H groups in total. The van der Waals surface area contributed by atoms with Crippen molar-refractivity contribution in [3.63, 3.8) is 0 Å². The van der Waals surface area contributed by atoms with Crippen LogP contribution >= 0.6 is 34.8 Å². The summed E-state index contributed by atoms with van der Waals surface area (Å²) in [6.45, 7) is 0. The van der Waals surface area contributed by atoms with E-state index in [4.69, 9.17) is 39.9 Å². The van der Waals surface area contributed by atoms with Crippen LogP contribution in [0.5, 0.6) is 0 Å². The lowest BCUT2D eigenvalue weighted by Gasteiger charge is -2.02. The topological polar surface area (TPSA) is 50.2 Å². The lowest BCUT2D eigenvalue weighted by molar-refractivity contribution is 0.0690. The number of aromatic nitrogens is 1. The molecule has 1 aromatic rings. The number of carboxylic acids is 1. The van der Waals surface area contributed by atoms with Crippen LogP contribution in [0.1, 0.15) is 16.2 Å². The maximum absolute atomic E-state index is 10.5. The second-order valence-corrected chi connectivity index (χ2v) is 3.24. The van der Waals surface area contributed by atoms with Gasteiger partial charge < -0.3 is 5.11 Å². The van der Waals surface area contributed by atoms with Crippen molar-refractivity contribution < 1.29 is 9.90 Å². The van der Waals surface area contributed by atoms with Crippen molar-refractivity contribution in [1.82, 2.24) is 4.98 Å². The van der Waals surface area contributed by atoms with Gasteiger partial charge in [0.15, 0.2) is 0 Å². The predicted octanol–water partition coefficient (Wildman–Crippen LogP) is 2.83. The first-order valence-corrected chi connectivity index (χ1v) is 4.49. The van der Waals surface area contributed by atoms with Gasteiger partial charge in [-0.25, -0.2) is 9.78 Å². The van der Waals surface area contributed by atoms with Gasteiger partial charge in [-0.15, -0.1) is 11.6 Å². The van der Waals surface area contributed by atoms with Crippen LogP contribution in [-0.2, 0) is 5.88 Å². The smallest absolute Gasteiger partial charge is 0.354 e. The molecule has 0 aliphatic rings. The van der Waals surface area contributed by atoms with Gasteiger partial charge in [0.05, 0.1) is 21.6 Å². The van der Waals surface area contributed by atoms with Gasteiger partial charge in [-0.3, -0.25) is 0 Å². The number of alkyl halides is 1. The van der Waals surface area contributed by atoms with Gasteiger partial charge in [-0.1, -0.05) is 23.2 Å². The molecule has 0 bridgehead atoms. The first-order valence-electron chi connectivity index (χ1n) is 3.20. The Hall–Kier alpha value is -0.510. The van der Waals surface area contributed by atoms with Crippen LogP contribution in [0.4, 0.5) is 0 Å². The minimum Gasteiger partial charge on any atom is -0.477 e. The third kappa shape index (κ3) is 2.24. The highest BCUT2D eigenvalue weighted by Crippen LogP contribution is 2.26. The number of hydrogen-bond donors (Lipinski definition) is 1. The third-order valence-corrected chi connectivity index (χ3v) is 2.40. The SMILES string of the molecule is O=C(O)c1cc(Cl)c(Cl)c(CCl)n1. The second-order valence-electron chi connectivity index (χ2n) is 2.19. The van der Waals surface area contributed by atoms with Crippen molar-refractivity contribution in [2.45, 2.75) is 5.88 Å². The van der Waals surface area contributed by atoms with E-state index >= 15 is 0 Å². The molecule has 6 heteroatoms. The van der Waals surface area contributed by atoms with E-state index in [0.29, 0.717) is 0 Å². The lowest BCUT2D eigenvalue weighted by atomic mass is 10.3. The molecule has 0 radical (unpaired) electrons. The summed E-state index contributed by atoms with van der Waals surface area (Å²) >= 11 is 16.8. The Kier molecular flexibility index (Phi) is 3.36. The zero-order chi connectivity index (χ0) is 10.0. The Morgan fingerprint density at radius 3 is 2.62 bits per heavy atom. The standard InChI is InChI=1S/C7H4Cl3NO2/c8-2-5-6(10)3(9)1-4(11-5)7(12)13/h1H,2H2,(H,12,13). The average molecular weight is 240 g/mol. The van der Waals surface area contributed by atoms with Gasteiger partial charge in [0.25, 0.3) is 0 Å². The van der Waals surface area contributed by atoms with Crippen molar-refractivity contribution in [2.75, 3.05) is 0 Å². The highest BCUT2D eigenvalue weighted by atomic mass is 35.5. The van der Waals surface area contributed by atoms with Gasteiger partial charge in [-0.2, -0.15) is 0 Å². The van der Waals surface area contributed by atoms with Gasteiger partial charge in [0, 0.05) is 0 Å². The fraction of sp³-hybridized carbons (Fsp3) is 0.143. The Morgan fingerprint density at radius 1 is 1.54 bits per heavy atom. The Balaban J connectivity index is 3.30. The van der Waals surface area contributed by atoms with Crippen LogP contribution in [0, 0.1) is 0 Å². The molecule has 0 aliphatic carbocycles. The predicted molar refractivity (Wildman–Crippen MR) is 50.8 cm³/mol. The number of pyridine rings is 1. The first-order chi connectivity index (χ1) is 6.06. The van der Waals surface area contributed by atoms with Crippen LogP contribution in [0.15, 0.2) is 6.07 Å². The van der Waals surface area contributed by atoms with Crippen LogP contribution in [-0.4, -0.2) is 16.1 Å². The van der Waals surface area contributed by atoms with Gasteiger partial charge in [0.2, 0.25) is 0 Å². The molecule has 0 amide bonds.